The number of halogens is 3. The molecular formula is C14H16Cl3NO2S. The average molecular weight is 369 g/mol. The lowest BCUT2D eigenvalue weighted by molar-refractivity contribution is 0.0921. The lowest BCUT2D eigenvalue weighted by atomic mass is 10.1. The summed E-state index contributed by atoms with van der Waals surface area (Å²) in [5, 5.41) is 1.13. The van der Waals surface area contributed by atoms with Crippen molar-refractivity contribution in [3.05, 3.63) is 26.7 Å². The first kappa shape index (κ1) is 17.4. The highest BCUT2D eigenvalue weighted by atomic mass is 35.5. The zero-order valence-corrected chi connectivity index (χ0v) is 14.9. The Bertz CT molecular complexity index is 552. The average Bonchev–Trinajstić information content (AvgIpc) is 2.40. The van der Waals surface area contributed by atoms with Crippen LogP contribution in [0.2, 0.25) is 15.1 Å². The molecule has 2 rings (SSSR count). The van der Waals surface area contributed by atoms with Crippen LogP contribution in [-0.4, -0.2) is 49.8 Å². The topological polar surface area (TPSA) is 29.5 Å². The maximum atomic E-state index is 12.3. The van der Waals surface area contributed by atoms with E-state index in [1.54, 1.807) is 6.07 Å². The highest BCUT2D eigenvalue weighted by Gasteiger charge is 2.31. The predicted molar refractivity (Wildman–Crippen MR) is 89.4 cm³/mol. The van der Waals surface area contributed by atoms with Crippen molar-refractivity contribution >= 4 is 52.3 Å². The van der Waals surface area contributed by atoms with Gasteiger partial charge in [-0.15, -0.1) is 11.8 Å². The molecule has 3 nitrogen and oxygen atoms in total. The van der Waals surface area contributed by atoms with Gasteiger partial charge in [0.05, 0.1) is 33.8 Å². The van der Waals surface area contributed by atoms with E-state index in [9.17, 15) is 4.79 Å². The molecule has 1 heterocycles. The lowest BCUT2D eigenvalue weighted by Crippen LogP contribution is -2.25. The van der Waals surface area contributed by atoms with E-state index in [-0.39, 0.29) is 11.0 Å². The number of benzene rings is 1. The molecule has 1 unspecified atom stereocenters. The molecule has 116 valence electrons. The van der Waals surface area contributed by atoms with Crippen molar-refractivity contribution in [1.82, 2.24) is 4.90 Å². The van der Waals surface area contributed by atoms with E-state index >= 15 is 0 Å². The van der Waals surface area contributed by atoms with E-state index in [2.05, 4.69) is 0 Å². The van der Waals surface area contributed by atoms with Gasteiger partial charge in [-0.1, -0.05) is 34.8 Å². The van der Waals surface area contributed by atoms with Gasteiger partial charge in [0.25, 0.3) is 0 Å². The quantitative estimate of drug-likeness (QED) is 0.573. The summed E-state index contributed by atoms with van der Waals surface area (Å²) in [6, 6.07) is 1.58. The fourth-order valence-electron chi connectivity index (χ4n) is 2.01. The summed E-state index contributed by atoms with van der Waals surface area (Å²) in [6.45, 7) is 2.00. The van der Waals surface area contributed by atoms with Crippen LogP contribution in [0.5, 0.6) is 0 Å². The molecule has 0 aliphatic carbocycles. The summed E-state index contributed by atoms with van der Waals surface area (Å²) in [5.74, 6) is -0.0284. The summed E-state index contributed by atoms with van der Waals surface area (Å²) < 4.78 is 5.62. The van der Waals surface area contributed by atoms with Gasteiger partial charge < -0.3 is 9.64 Å². The van der Waals surface area contributed by atoms with E-state index in [1.807, 2.05) is 19.0 Å². The van der Waals surface area contributed by atoms with Crippen LogP contribution in [0.15, 0.2) is 11.0 Å². The second-order valence-corrected chi connectivity index (χ2v) is 7.61. The van der Waals surface area contributed by atoms with Gasteiger partial charge in [0, 0.05) is 23.1 Å². The molecule has 0 spiro atoms. The Morgan fingerprint density at radius 1 is 1.33 bits per heavy atom. The standard InChI is InChI=1S/C14H16Cl3NO2S/c1-18(2)3-4-20-7-8-5-11(19)12-13(17)9(15)6-10(16)14(12)21-8/h6,8H,3-5,7H2,1-2H3. The zero-order valence-electron chi connectivity index (χ0n) is 11.8. The van der Waals surface area contributed by atoms with Crippen LogP contribution in [0.1, 0.15) is 16.8 Å². The third-order valence-electron chi connectivity index (χ3n) is 3.09. The third kappa shape index (κ3) is 4.27. The Balaban J connectivity index is 2.07. The zero-order chi connectivity index (χ0) is 15.6. The van der Waals surface area contributed by atoms with Gasteiger partial charge in [-0.05, 0) is 20.2 Å². The van der Waals surface area contributed by atoms with Crippen molar-refractivity contribution in [3.8, 4) is 0 Å². The summed E-state index contributed by atoms with van der Waals surface area (Å²) in [4.78, 5) is 15.0. The van der Waals surface area contributed by atoms with Crippen molar-refractivity contribution in [2.45, 2.75) is 16.6 Å². The number of Topliss-reactive ketones (excluding diaryl/α,β-unsaturated/α-hetero) is 1. The number of ether oxygens (including phenoxy) is 1. The Kier molecular flexibility index (Phi) is 6.24. The molecule has 0 amide bonds. The molecule has 0 saturated heterocycles. The minimum atomic E-state index is -0.0284. The van der Waals surface area contributed by atoms with Crippen molar-refractivity contribution in [3.63, 3.8) is 0 Å². The molecule has 1 aliphatic heterocycles. The molecule has 0 N–H and O–H groups in total. The van der Waals surface area contributed by atoms with Gasteiger partial charge >= 0.3 is 0 Å². The van der Waals surface area contributed by atoms with E-state index < -0.39 is 0 Å². The Hall–Kier alpha value is 0.0300. The molecule has 1 aliphatic rings. The van der Waals surface area contributed by atoms with Crippen LogP contribution in [0.4, 0.5) is 0 Å². The molecular weight excluding hydrogens is 353 g/mol. The first-order valence-electron chi connectivity index (χ1n) is 6.50. The maximum Gasteiger partial charge on any atom is 0.166 e. The normalized spacial score (nSPS) is 18.2. The van der Waals surface area contributed by atoms with Gasteiger partial charge in [0.1, 0.15) is 0 Å². The number of carbonyl (C=O) groups excluding carboxylic acids is 1. The number of fused-ring (bicyclic) bond motifs is 1. The van der Waals surface area contributed by atoms with Crippen molar-refractivity contribution < 1.29 is 9.53 Å². The van der Waals surface area contributed by atoms with Crippen molar-refractivity contribution in [2.24, 2.45) is 0 Å². The molecule has 7 heteroatoms. The summed E-state index contributed by atoms with van der Waals surface area (Å²) in [5.41, 5.74) is 0.448. The number of ketones is 1. The lowest BCUT2D eigenvalue weighted by Gasteiger charge is -2.25. The van der Waals surface area contributed by atoms with Crippen LogP contribution in [0.3, 0.4) is 0 Å². The summed E-state index contributed by atoms with van der Waals surface area (Å²) >= 11 is 19.8. The van der Waals surface area contributed by atoms with Gasteiger partial charge in [0.15, 0.2) is 5.78 Å². The smallest absolute Gasteiger partial charge is 0.166 e. The molecule has 1 aromatic rings. The van der Waals surface area contributed by atoms with Gasteiger partial charge in [-0.2, -0.15) is 0 Å². The maximum absolute atomic E-state index is 12.3. The SMILES string of the molecule is CN(C)CCOCC1CC(=O)c2c(Cl)c(Cl)cc(Cl)c2S1. The van der Waals surface area contributed by atoms with E-state index in [0.29, 0.717) is 45.2 Å². The van der Waals surface area contributed by atoms with Gasteiger partial charge in [-0.3, -0.25) is 4.79 Å². The number of nitrogens with zero attached hydrogens (tertiary/aromatic N) is 1. The second kappa shape index (κ2) is 7.53. The van der Waals surface area contributed by atoms with Gasteiger partial charge in [0.2, 0.25) is 0 Å². The Morgan fingerprint density at radius 2 is 2.05 bits per heavy atom. The molecule has 1 aromatic carbocycles. The number of likely N-dealkylation sites (N-methyl/N-ethyl adjacent to an activating group) is 1. The molecule has 0 fully saturated rings. The van der Waals surface area contributed by atoms with E-state index in [1.165, 1.54) is 11.8 Å². The van der Waals surface area contributed by atoms with Crippen LogP contribution in [0, 0.1) is 0 Å². The largest absolute Gasteiger partial charge is 0.379 e. The fourth-order valence-corrected chi connectivity index (χ4v) is 4.16. The molecule has 21 heavy (non-hydrogen) atoms. The first-order valence-corrected chi connectivity index (χ1v) is 8.51. The van der Waals surface area contributed by atoms with E-state index in [4.69, 9.17) is 39.5 Å². The minimum Gasteiger partial charge on any atom is -0.379 e. The Morgan fingerprint density at radius 3 is 2.71 bits per heavy atom. The number of hydrogen-bond acceptors (Lipinski definition) is 4. The number of carbonyl (C=O) groups is 1. The Labute approximate surface area is 143 Å². The van der Waals surface area contributed by atoms with Crippen molar-refractivity contribution in [1.29, 1.82) is 0 Å². The van der Waals surface area contributed by atoms with Crippen molar-refractivity contribution in [2.75, 3.05) is 33.9 Å². The fraction of sp³-hybridized carbons (Fsp3) is 0.500. The monoisotopic (exact) mass is 367 g/mol. The van der Waals surface area contributed by atoms with Gasteiger partial charge in [-0.25, -0.2) is 0 Å². The molecule has 1 atom stereocenters. The third-order valence-corrected chi connectivity index (χ3v) is 5.58. The number of hydrogen-bond donors (Lipinski definition) is 0. The first-order chi connectivity index (χ1) is 9.90. The van der Waals surface area contributed by atoms with E-state index in [0.717, 1.165) is 6.54 Å². The number of rotatable bonds is 5. The minimum absolute atomic E-state index is 0.0284. The molecule has 0 aromatic heterocycles. The van der Waals surface area contributed by atoms with Crippen LogP contribution < -0.4 is 0 Å². The molecule has 0 radical (unpaired) electrons. The summed E-state index contributed by atoms with van der Waals surface area (Å²) in [6.07, 6.45) is 0.385. The highest BCUT2D eigenvalue weighted by Crippen LogP contribution is 2.45. The summed E-state index contributed by atoms with van der Waals surface area (Å²) in [7, 11) is 3.98. The molecule has 0 bridgehead atoms. The number of thioether (sulfide) groups is 1. The van der Waals surface area contributed by atoms with Crippen LogP contribution in [-0.2, 0) is 4.74 Å². The highest BCUT2D eigenvalue weighted by molar-refractivity contribution is 8.00. The van der Waals surface area contributed by atoms with Crippen LogP contribution >= 0.6 is 46.6 Å². The second-order valence-electron chi connectivity index (χ2n) is 5.10. The van der Waals surface area contributed by atoms with Crippen LogP contribution in [0.25, 0.3) is 0 Å². The molecule has 0 saturated carbocycles. The predicted octanol–water partition coefficient (Wildman–Crippen LogP) is 4.27.